The SMILES string of the molecule is Clc1ccc(-c2ccc(/C=C/c3nn4c(-c5cc6ccccc6o5)nnc4s3)o2)c(Cl)c1. The molecule has 0 N–H and O–H groups in total. The van der Waals surface area contributed by atoms with Gasteiger partial charge in [-0.1, -0.05) is 52.7 Å². The molecule has 0 saturated heterocycles. The van der Waals surface area contributed by atoms with Gasteiger partial charge in [0.15, 0.2) is 5.76 Å². The Kier molecular flexibility index (Phi) is 4.61. The number of benzene rings is 2. The van der Waals surface area contributed by atoms with E-state index in [1.54, 1.807) is 16.6 Å². The molecule has 32 heavy (non-hydrogen) atoms. The second-order valence-corrected chi connectivity index (χ2v) is 8.80. The zero-order valence-corrected chi connectivity index (χ0v) is 18.5. The van der Waals surface area contributed by atoms with Crippen LogP contribution in [0.5, 0.6) is 0 Å². The van der Waals surface area contributed by atoms with Crippen molar-refractivity contribution in [2.75, 3.05) is 0 Å². The minimum absolute atomic E-state index is 0.536. The van der Waals surface area contributed by atoms with E-state index >= 15 is 0 Å². The summed E-state index contributed by atoms with van der Waals surface area (Å²) in [5, 5.41) is 15.9. The quantitative estimate of drug-likeness (QED) is 0.265. The summed E-state index contributed by atoms with van der Waals surface area (Å²) in [7, 11) is 0. The maximum absolute atomic E-state index is 6.28. The highest BCUT2D eigenvalue weighted by Gasteiger charge is 2.16. The maximum Gasteiger partial charge on any atom is 0.235 e. The summed E-state index contributed by atoms with van der Waals surface area (Å²) >= 11 is 13.7. The molecule has 0 aliphatic carbocycles. The van der Waals surface area contributed by atoms with E-state index in [0.29, 0.717) is 38.1 Å². The van der Waals surface area contributed by atoms with Crippen LogP contribution in [0.4, 0.5) is 0 Å². The van der Waals surface area contributed by atoms with Crippen LogP contribution < -0.4 is 0 Å². The van der Waals surface area contributed by atoms with Crippen molar-refractivity contribution in [3.8, 4) is 22.9 Å². The molecule has 0 aliphatic rings. The van der Waals surface area contributed by atoms with E-state index in [1.165, 1.54) is 11.3 Å². The first-order valence-electron chi connectivity index (χ1n) is 9.58. The molecule has 4 aromatic heterocycles. The van der Waals surface area contributed by atoms with E-state index in [1.807, 2.05) is 60.7 Å². The molecular weight excluding hydrogens is 467 g/mol. The summed E-state index contributed by atoms with van der Waals surface area (Å²) in [6.45, 7) is 0. The van der Waals surface area contributed by atoms with Crippen molar-refractivity contribution in [2.45, 2.75) is 0 Å². The minimum Gasteiger partial charge on any atom is -0.457 e. The van der Waals surface area contributed by atoms with Crippen LogP contribution in [0, 0.1) is 0 Å². The Balaban J connectivity index is 1.29. The lowest BCUT2D eigenvalue weighted by atomic mass is 10.2. The first kappa shape index (κ1) is 19.3. The lowest BCUT2D eigenvalue weighted by molar-refractivity contribution is 0.572. The average molecular weight is 479 g/mol. The Morgan fingerprint density at radius 3 is 2.66 bits per heavy atom. The van der Waals surface area contributed by atoms with Gasteiger partial charge in [0.25, 0.3) is 0 Å². The molecule has 0 fully saturated rings. The molecule has 4 heterocycles. The van der Waals surface area contributed by atoms with E-state index in [2.05, 4.69) is 15.3 Å². The zero-order chi connectivity index (χ0) is 21.7. The summed E-state index contributed by atoms with van der Waals surface area (Å²) in [6, 6.07) is 18.8. The number of furan rings is 2. The third-order valence-corrected chi connectivity index (χ3v) is 6.28. The van der Waals surface area contributed by atoms with E-state index in [4.69, 9.17) is 32.0 Å². The summed E-state index contributed by atoms with van der Waals surface area (Å²) in [5.74, 6) is 2.52. The summed E-state index contributed by atoms with van der Waals surface area (Å²) in [4.78, 5) is 0.674. The molecular formula is C23H12Cl2N4O2S. The van der Waals surface area contributed by atoms with Crippen molar-refractivity contribution in [1.82, 2.24) is 19.8 Å². The van der Waals surface area contributed by atoms with Crippen LogP contribution in [-0.4, -0.2) is 19.8 Å². The van der Waals surface area contributed by atoms with E-state index in [9.17, 15) is 0 Å². The van der Waals surface area contributed by atoms with Crippen LogP contribution in [0.1, 0.15) is 10.8 Å². The van der Waals surface area contributed by atoms with E-state index in [0.717, 1.165) is 21.5 Å². The molecule has 0 bridgehead atoms. The molecule has 9 heteroatoms. The fourth-order valence-electron chi connectivity index (χ4n) is 3.37. The van der Waals surface area contributed by atoms with Crippen LogP contribution in [0.2, 0.25) is 10.0 Å². The smallest absolute Gasteiger partial charge is 0.235 e. The molecule has 0 saturated carbocycles. The molecule has 0 atom stereocenters. The Hall–Kier alpha value is -3.39. The molecule has 156 valence electrons. The maximum atomic E-state index is 6.28. The number of rotatable bonds is 4. The van der Waals surface area contributed by atoms with Gasteiger partial charge in [-0.2, -0.15) is 9.61 Å². The monoisotopic (exact) mass is 478 g/mol. The second-order valence-electron chi connectivity index (χ2n) is 6.97. The van der Waals surface area contributed by atoms with E-state index in [-0.39, 0.29) is 0 Å². The highest BCUT2D eigenvalue weighted by Crippen LogP contribution is 2.32. The number of para-hydroxylation sites is 1. The van der Waals surface area contributed by atoms with Gasteiger partial charge in [0.05, 0.1) is 5.02 Å². The Bertz CT molecular complexity index is 1590. The average Bonchev–Trinajstić information content (AvgIpc) is 3.54. The molecule has 0 amide bonds. The van der Waals surface area contributed by atoms with Gasteiger partial charge in [-0.3, -0.25) is 0 Å². The number of aromatic nitrogens is 4. The van der Waals surface area contributed by atoms with Gasteiger partial charge in [-0.15, -0.1) is 10.2 Å². The van der Waals surface area contributed by atoms with Gasteiger partial charge in [0.2, 0.25) is 10.8 Å². The Morgan fingerprint density at radius 2 is 1.78 bits per heavy atom. The van der Waals surface area contributed by atoms with Gasteiger partial charge < -0.3 is 8.83 Å². The van der Waals surface area contributed by atoms with Crippen LogP contribution in [0.3, 0.4) is 0 Å². The molecule has 0 aliphatic heterocycles. The standard InChI is InChI=1S/C23H12Cl2N4O2S/c24-14-5-8-16(17(25)12-14)19-9-6-15(30-19)7-10-21-28-29-22(26-27-23(29)32-21)20-11-13-3-1-2-4-18(13)31-20/h1-12H/b10-7+. The van der Waals surface area contributed by atoms with Gasteiger partial charge in [-0.25, -0.2) is 0 Å². The van der Waals surface area contributed by atoms with Crippen LogP contribution >= 0.6 is 34.5 Å². The van der Waals surface area contributed by atoms with Crippen molar-refractivity contribution < 1.29 is 8.83 Å². The van der Waals surface area contributed by atoms with Gasteiger partial charge in [0.1, 0.15) is 22.1 Å². The van der Waals surface area contributed by atoms with Crippen LogP contribution in [0.25, 0.3) is 51.0 Å². The Morgan fingerprint density at radius 1 is 0.875 bits per heavy atom. The zero-order valence-electron chi connectivity index (χ0n) is 16.2. The summed E-state index contributed by atoms with van der Waals surface area (Å²) in [6.07, 6.45) is 3.72. The predicted molar refractivity (Wildman–Crippen MR) is 127 cm³/mol. The third-order valence-electron chi connectivity index (χ3n) is 4.87. The van der Waals surface area contributed by atoms with Gasteiger partial charge >= 0.3 is 0 Å². The van der Waals surface area contributed by atoms with Crippen LogP contribution in [0.15, 0.2) is 69.5 Å². The predicted octanol–water partition coefficient (Wildman–Crippen LogP) is 7.34. The third kappa shape index (κ3) is 3.40. The topological polar surface area (TPSA) is 69.4 Å². The molecule has 6 rings (SSSR count). The first-order valence-corrected chi connectivity index (χ1v) is 11.2. The fourth-order valence-corrected chi connectivity index (χ4v) is 4.62. The normalized spacial score (nSPS) is 11.9. The first-order chi connectivity index (χ1) is 15.6. The Labute approximate surface area is 195 Å². The molecule has 2 aromatic carbocycles. The summed E-state index contributed by atoms with van der Waals surface area (Å²) in [5.41, 5.74) is 1.58. The van der Waals surface area contributed by atoms with Gasteiger partial charge in [-0.05, 0) is 54.6 Å². The van der Waals surface area contributed by atoms with Gasteiger partial charge in [0, 0.05) is 16.0 Å². The molecule has 6 nitrogen and oxygen atoms in total. The van der Waals surface area contributed by atoms with Crippen LogP contribution in [-0.2, 0) is 0 Å². The molecule has 0 spiro atoms. The number of nitrogens with zero attached hydrogens (tertiary/aromatic N) is 4. The number of hydrogen-bond acceptors (Lipinski definition) is 6. The number of fused-ring (bicyclic) bond motifs is 2. The second kappa shape index (κ2) is 7.63. The molecule has 0 radical (unpaired) electrons. The number of hydrogen-bond donors (Lipinski definition) is 0. The number of halogens is 2. The molecule has 0 unspecified atom stereocenters. The lowest BCUT2D eigenvalue weighted by Gasteiger charge is -2.00. The highest BCUT2D eigenvalue weighted by atomic mass is 35.5. The highest BCUT2D eigenvalue weighted by molar-refractivity contribution is 7.17. The van der Waals surface area contributed by atoms with E-state index < -0.39 is 0 Å². The lowest BCUT2D eigenvalue weighted by Crippen LogP contribution is -1.89. The van der Waals surface area contributed by atoms with Crippen molar-refractivity contribution >= 4 is 62.6 Å². The largest absolute Gasteiger partial charge is 0.457 e. The molecule has 6 aromatic rings. The minimum atomic E-state index is 0.536. The fraction of sp³-hybridized carbons (Fsp3) is 0. The van der Waals surface area contributed by atoms with Crippen molar-refractivity contribution in [3.05, 3.63) is 81.5 Å². The van der Waals surface area contributed by atoms with Crippen molar-refractivity contribution in [2.24, 2.45) is 0 Å². The summed E-state index contributed by atoms with van der Waals surface area (Å²) < 4.78 is 13.5. The van der Waals surface area contributed by atoms with Crippen molar-refractivity contribution in [1.29, 1.82) is 0 Å². The van der Waals surface area contributed by atoms with Crippen molar-refractivity contribution in [3.63, 3.8) is 0 Å².